The molecule has 0 bridgehead atoms. The molecule has 5 aromatic carbocycles. The SMILES string of the molecule is O=[N+]([O-])c1ccc(S(=O)(=O)N(C(=Nc2ccccc2)c2cccc3ccccc23)c2ccccc2)cc1. The second-order valence-corrected chi connectivity index (χ2v) is 9.94. The summed E-state index contributed by atoms with van der Waals surface area (Å²) in [5.74, 6) is 0.201. The quantitative estimate of drug-likeness (QED) is 0.110. The zero-order valence-electron chi connectivity index (χ0n) is 19.5. The van der Waals surface area contributed by atoms with Gasteiger partial charge in [-0.15, -0.1) is 0 Å². The smallest absolute Gasteiger partial charge is 0.258 e. The van der Waals surface area contributed by atoms with Crippen LogP contribution >= 0.6 is 0 Å². The van der Waals surface area contributed by atoms with E-state index in [1.807, 2.05) is 60.7 Å². The van der Waals surface area contributed by atoms with E-state index in [-0.39, 0.29) is 16.4 Å². The molecule has 0 N–H and O–H groups in total. The molecule has 0 radical (unpaired) electrons. The van der Waals surface area contributed by atoms with Gasteiger partial charge < -0.3 is 0 Å². The topological polar surface area (TPSA) is 92.9 Å². The fraction of sp³-hybridized carbons (Fsp3) is 0. The average molecular weight is 508 g/mol. The molecule has 0 aliphatic heterocycles. The van der Waals surface area contributed by atoms with Crippen molar-refractivity contribution in [3.63, 3.8) is 0 Å². The van der Waals surface area contributed by atoms with Gasteiger partial charge in [-0.2, -0.15) is 0 Å². The highest BCUT2D eigenvalue weighted by Gasteiger charge is 2.31. The summed E-state index contributed by atoms with van der Waals surface area (Å²) in [5.41, 5.74) is 1.38. The minimum Gasteiger partial charge on any atom is -0.258 e. The zero-order valence-corrected chi connectivity index (χ0v) is 20.3. The number of para-hydroxylation sites is 2. The third-order valence-corrected chi connectivity index (χ3v) is 7.52. The summed E-state index contributed by atoms with van der Waals surface area (Å²) < 4.78 is 29.7. The molecule has 0 amide bonds. The number of benzene rings is 5. The number of hydrogen-bond donors (Lipinski definition) is 0. The standard InChI is InChI=1S/C29H21N3O4S/c33-32(34)25-18-20-26(21-19-25)37(35,36)31(24-14-5-2-6-15-24)29(30-23-12-3-1-4-13-23)28-17-9-11-22-10-7-8-16-27(22)28/h1-21H. The lowest BCUT2D eigenvalue weighted by Gasteiger charge is -2.27. The van der Waals surface area contributed by atoms with Crippen molar-refractivity contribution in [1.82, 2.24) is 0 Å². The van der Waals surface area contributed by atoms with Crippen LogP contribution in [0.2, 0.25) is 0 Å². The van der Waals surface area contributed by atoms with Crippen LogP contribution in [0.15, 0.2) is 137 Å². The molecule has 7 nitrogen and oxygen atoms in total. The maximum atomic E-state index is 14.2. The molecule has 0 saturated carbocycles. The van der Waals surface area contributed by atoms with E-state index in [0.717, 1.165) is 10.8 Å². The second-order valence-electron chi connectivity index (χ2n) is 8.15. The molecule has 0 aliphatic carbocycles. The highest BCUT2D eigenvalue weighted by atomic mass is 32.2. The Morgan fingerprint density at radius 3 is 1.97 bits per heavy atom. The molecule has 0 saturated heterocycles. The van der Waals surface area contributed by atoms with Gasteiger partial charge in [-0.05, 0) is 47.2 Å². The predicted molar refractivity (Wildman–Crippen MR) is 146 cm³/mol. The molecular formula is C29H21N3O4S. The molecule has 182 valence electrons. The Morgan fingerprint density at radius 2 is 1.30 bits per heavy atom. The number of anilines is 1. The molecule has 37 heavy (non-hydrogen) atoms. The summed E-state index contributed by atoms with van der Waals surface area (Å²) in [6.45, 7) is 0. The number of nitro groups is 1. The first-order valence-electron chi connectivity index (χ1n) is 11.4. The van der Waals surface area contributed by atoms with Crippen molar-refractivity contribution < 1.29 is 13.3 Å². The van der Waals surface area contributed by atoms with E-state index in [9.17, 15) is 18.5 Å². The zero-order chi connectivity index (χ0) is 25.8. The number of sulfonamides is 1. The molecule has 0 atom stereocenters. The third kappa shape index (κ3) is 4.82. The number of aliphatic imine (C=N–C) groups is 1. The number of hydrogen-bond acceptors (Lipinski definition) is 5. The molecule has 0 fully saturated rings. The van der Waals surface area contributed by atoms with Crippen LogP contribution < -0.4 is 4.31 Å². The second kappa shape index (κ2) is 10.0. The summed E-state index contributed by atoms with van der Waals surface area (Å²) in [6.07, 6.45) is 0. The lowest BCUT2D eigenvalue weighted by molar-refractivity contribution is -0.384. The van der Waals surface area contributed by atoms with Crippen molar-refractivity contribution in [1.29, 1.82) is 0 Å². The van der Waals surface area contributed by atoms with Crippen molar-refractivity contribution >= 4 is 43.7 Å². The van der Waals surface area contributed by atoms with Gasteiger partial charge in [0, 0.05) is 17.7 Å². The monoisotopic (exact) mass is 507 g/mol. The summed E-state index contributed by atoms with van der Waals surface area (Å²) in [4.78, 5) is 15.4. The van der Waals surface area contributed by atoms with Crippen LogP contribution in [0.1, 0.15) is 5.56 Å². The van der Waals surface area contributed by atoms with Gasteiger partial charge >= 0.3 is 0 Å². The van der Waals surface area contributed by atoms with Crippen LogP contribution in [0, 0.1) is 10.1 Å². The summed E-state index contributed by atoms with van der Waals surface area (Å²) in [7, 11) is -4.25. The van der Waals surface area contributed by atoms with E-state index in [0.29, 0.717) is 16.9 Å². The van der Waals surface area contributed by atoms with Gasteiger partial charge in [0.05, 0.1) is 21.2 Å². The van der Waals surface area contributed by atoms with E-state index in [1.54, 1.807) is 42.5 Å². The first-order valence-corrected chi connectivity index (χ1v) is 12.9. The number of nitrogens with zero attached hydrogens (tertiary/aromatic N) is 3. The molecule has 8 heteroatoms. The van der Waals surface area contributed by atoms with Crippen LogP contribution in [0.3, 0.4) is 0 Å². The van der Waals surface area contributed by atoms with E-state index in [1.165, 1.54) is 28.6 Å². The average Bonchev–Trinajstić information content (AvgIpc) is 2.93. The molecular weight excluding hydrogens is 486 g/mol. The lowest BCUT2D eigenvalue weighted by atomic mass is 10.0. The van der Waals surface area contributed by atoms with Crippen LogP contribution in [-0.4, -0.2) is 19.2 Å². The van der Waals surface area contributed by atoms with Gasteiger partial charge in [0.1, 0.15) is 0 Å². The Morgan fingerprint density at radius 1 is 0.703 bits per heavy atom. The van der Waals surface area contributed by atoms with Crippen LogP contribution in [0.25, 0.3) is 10.8 Å². The van der Waals surface area contributed by atoms with Gasteiger partial charge in [-0.25, -0.2) is 17.7 Å². The molecule has 0 aromatic heterocycles. The third-order valence-electron chi connectivity index (χ3n) is 5.79. The largest absolute Gasteiger partial charge is 0.269 e. The number of non-ortho nitro benzene ring substituents is 1. The molecule has 5 aromatic rings. The first-order chi connectivity index (χ1) is 17.9. The van der Waals surface area contributed by atoms with Crippen molar-refractivity contribution in [3.05, 3.63) is 143 Å². The maximum absolute atomic E-state index is 14.2. The highest BCUT2D eigenvalue weighted by Crippen LogP contribution is 2.31. The first kappa shape index (κ1) is 23.9. The summed E-state index contributed by atoms with van der Waals surface area (Å²) in [6, 6.07) is 36.0. The van der Waals surface area contributed by atoms with Crippen molar-refractivity contribution in [2.24, 2.45) is 4.99 Å². The maximum Gasteiger partial charge on any atom is 0.269 e. The van der Waals surface area contributed by atoms with Gasteiger partial charge in [0.15, 0.2) is 5.84 Å². The Hall–Kier alpha value is -4.82. The fourth-order valence-electron chi connectivity index (χ4n) is 4.04. The van der Waals surface area contributed by atoms with E-state index < -0.39 is 14.9 Å². The molecule has 0 heterocycles. The summed E-state index contributed by atoms with van der Waals surface area (Å²) >= 11 is 0. The number of nitro benzene ring substituents is 1. The summed E-state index contributed by atoms with van der Waals surface area (Å²) in [5, 5.41) is 12.9. The molecule has 0 spiro atoms. The van der Waals surface area contributed by atoms with Crippen molar-refractivity contribution in [3.8, 4) is 0 Å². The van der Waals surface area contributed by atoms with Crippen LogP contribution in [0.4, 0.5) is 17.1 Å². The number of fused-ring (bicyclic) bond motifs is 1. The van der Waals surface area contributed by atoms with E-state index in [2.05, 4.69) is 0 Å². The van der Waals surface area contributed by atoms with Crippen LogP contribution in [-0.2, 0) is 10.0 Å². The molecule has 0 aliphatic rings. The molecule has 5 rings (SSSR count). The minimum atomic E-state index is -4.25. The van der Waals surface area contributed by atoms with Gasteiger partial charge in [0.2, 0.25) is 0 Å². The van der Waals surface area contributed by atoms with Gasteiger partial charge in [-0.1, -0.05) is 78.9 Å². The van der Waals surface area contributed by atoms with E-state index in [4.69, 9.17) is 4.99 Å². The minimum absolute atomic E-state index is 0.0945. The van der Waals surface area contributed by atoms with Crippen molar-refractivity contribution in [2.75, 3.05) is 4.31 Å². The fourth-order valence-corrected chi connectivity index (χ4v) is 5.50. The highest BCUT2D eigenvalue weighted by molar-refractivity contribution is 7.93. The van der Waals surface area contributed by atoms with E-state index >= 15 is 0 Å². The Bertz CT molecular complexity index is 1700. The number of amidine groups is 1. The van der Waals surface area contributed by atoms with Gasteiger partial charge in [-0.3, -0.25) is 10.1 Å². The lowest BCUT2D eigenvalue weighted by Crippen LogP contribution is -2.37. The predicted octanol–water partition coefficient (Wildman–Crippen LogP) is 6.72. The van der Waals surface area contributed by atoms with Gasteiger partial charge in [0.25, 0.3) is 15.7 Å². The Labute approximate surface area is 214 Å². The van der Waals surface area contributed by atoms with Crippen molar-refractivity contribution in [2.45, 2.75) is 4.90 Å². The normalized spacial score (nSPS) is 11.8. The Kier molecular flexibility index (Phi) is 6.49. The Balaban J connectivity index is 1.81. The number of rotatable bonds is 6. The molecule has 0 unspecified atom stereocenters. The van der Waals surface area contributed by atoms with Crippen LogP contribution in [0.5, 0.6) is 0 Å².